The molecule has 0 radical (unpaired) electrons. The van der Waals surface area contributed by atoms with Crippen molar-refractivity contribution in [3.8, 4) is 0 Å². The second kappa shape index (κ2) is 6.02. The number of anilines is 1. The molecule has 0 spiro atoms. The van der Waals surface area contributed by atoms with E-state index in [1.54, 1.807) is 7.11 Å². The van der Waals surface area contributed by atoms with Gasteiger partial charge in [-0.2, -0.15) is 0 Å². The first kappa shape index (κ1) is 12.4. The molecule has 1 N–H and O–H groups in total. The molecule has 0 saturated heterocycles. The zero-order valence-corrected chi connectivity index (χ0v) is 10.9. The molecule has 1 aromatic rings. The van der Waals surface area contributed by atoms with Gasteiger partial charge >= 0.3 is 0 Å². The minimum atomic E-state index is 0.495. The molecule has 1 rings (SSSR count). The van der Waals surface area contributed by atoms with Gasteiger partial charge in [-0.1, -0.05) is 6.92 Å². The van der Waals surface area contributed by atoms with Gasteiger partial charge in [-0.3, -0.25) is 0 Å². The largest absolute Gasteiger partial charge is 0.378 e. The lowest BCUT2D eigenvalue weighted by Crippen LogP contribution is -2.08. The fourth-order valence-electron chi connectivity index (χ4n) is 1.22. The molecule has 0 saturated carbocycles. The molecule has 0 aliphatic carbocycles. The number of halogens is 1. The van der Waals surface area contributed by atoms with E-state index in [-0.39, 0.29) is 0 Å². The number of hydrogen-bond donors (Lipinski definition) is 1. The standard InChI is InChI=1S/C10H16BrN3O/c1-4-8-13-7(6-15-3)9(11)10(14-8)12-5-2/h4-6H2,1-3H3,(H,12,13,14). The maximum Gasteiger partial charge on any atom is 0.144 e. The summed E-state index contributed by atoms with van der Waals surface area (Å²) in [6.45, 7) is 5.41. The first-order valence-corrected chi connectivity index (χ1v) is 5.80. The number of nitrogens with one attached hydrogen (secondary N) is 1. The van der Waals surface area contributed by atoms with E-state index in [1.165, 1.54) is 0 Å². The third-order valence-electron chi connectivity index (χ3n) is 1.91. The van der Waals surface area contributed by atoms with Crippen molar-refractivity contribution in [1.29, 1.82) is 0 Å². The van der Waals surface area contributed by atoms with Gasteiger partial charge in [0.2, 0.25) is 0 Å². The molecule has 0 fully saturated rings. The van der Waals surface area contributed by atoms with Crippen molar-refractivity contribution in [1.82, 2.24) is 9.97 Å². The maximum atomic E-state index is 5.09. The monoisotopic (exact) mass is 273 g/mol. The number of ether oxygens (including phenoxy) is 1. The Bertz CT molecular complexity index is 303. The zero-order valence-electron chi connectivity index (χ0n) is 9.30. The van der Waals surface area contributed by atoms with Crippen LogP contribution in [-0.2, 0) is 17.8 Å². The fourth-order valence-corrected chi connectivity index (χ4v) is 1.65. The van der Waals surface area contributed by atoms with E-state index in [9.17, 15) is 0 Å². The summed E-state index contributed by atoms with van der Waals surface area (Å²) in [6, 6.07) is 0. The summed E-state index contributed by atoms with van der Waals surface area (Å²) in [6.07, 6.45) is 0.822. The van der Waals surface area contributed by atoms with Crippen molar-refractivity contribution < 1.29 is 4.74 Å². The predicted octanol–water partition coefficient (Wildman–Crippen LogP) is 2.38. The molecule has 0 aliphatic rings. The molecule has 5 heteroatoms. The van der Waals surface area contributed by atoms with Gasteiger partial charge in [0.25, 0.3) is 0 Å². The lowest BCUT2D eigenvalue weighted by atomic mass is 10.3. The molecule has 4 nitrogen and oxygen atoms in total. The van der Waals surface area contributed by atoms with Crippen molar-refractivity contribution >= 4 is 21.7 Å². The number of nitrogens with zero attached hydrogens (tertiary/aromatic N) is 2. The van der Waals surface area contributed by atoms with Crippen LogP contribution in [0.15, 0.2) is 4.47 Å². The van der Waals surface area contributed by atoms with Crippen LogP contribution in [0.3, 0.4) is 0 Å². The van der Waals surface area contributed by atoms with Gasteiger partial charge in [0, 0.05) is 20.1 Å². The molecule has 0 amide bonds. The Balaban J connectivity index is 3.08. The molecule has 1 heterocycles. The Morgan fingerprint density at radius 2 is 2.07 bits per heavy atom. The van der Waals surface area contributed by atoms with E-state index >= 15 is 0 Å². The molecule has 0 bridgehead atoms. The highest BCUT2D eigenvalue weighted by Crippen LogP contribution is 2.24. The minimum absolute atomic E-state index is 0.495. The van der Waals surface area contributed by atoms with Crippen molar-refractivity contribution in [2.45, 2.75) is 26.9 Å². The molecule has 0 atom stereocenters. The molecule has 0 aromatic carbocycles. The molecule has 15 heavy (non-hydrogen) atoms. The second-order valence-corrected chi connectivity index (χ2v) is 3.86. The van der Waals surface area contributed by atoms with Crippen LogP contribution in [0.4, 0.5) is 5.82 Å². The average molecular weight is 274 g/mol. The Morgan fingerprint density at radius 1 is 1.33 bits per heavy atom. The lowest BCUT2D eigenvalue weighted by molar-refractivity contribution is 0.180. The number of aryl methyl sites for hydroxylation is 1. The quantitative estimate of drug-likeness (QED) is 0.895. The van der Waals surface area contributed by atoms with E-state index < -0.39 is 0 Å². The number of hydrogen-bond acceptors (Lipinski definition) is 4. The second-order valence-electron chi connectivity index (χ2n) is 3.07. The Labute approximate surface area is 98.6 Å². The zero-order chi connectivity index (χ0) is 11.3. The van der Waals surface area contributed by atoms with Gasteiger partial charge in [0.15, 0.2) is 0 Å². The lowest BCUT2D eigenvalue weighted by Gasteiger charge is -2.10. The summed E-state index contributed by atoms with van der Waals surface area (Å²) in [7, 11) is 1.66. The Hall–Kier alpha value is -0.680. The maximum absolute atomic E-state index is 5.09. The number of rotatable bonds is 5. The van der Waals surface area contributed by atoms with Gasteiger partial charge < -0.3 is 10.1 Å². The molecular weight excluding hydrogens is 258 g/mol. The summed E-state index contributed by atoms with van der Waals surface area (Å²) < 4.78 is 5.99. The van der Waals surface area contributed by atoms with Crippen LogP contribution in [0.5, 0.6) is 0 Å². The Morgan fingerprint density at radius 3 is 2.60 bits per heavy atom. The van der Waals surface area contributed by atoms with Crippen LogP contribution in [-0.4, -0.2) is 23.6 Å². The summed E-state index contributed by atoms with van der Waals surface area (Å²) in [4.78, 5) is 8.80. The van der Waals surface area contributed by atoms with Crippen LogP contribution in [0.2, 0.25) is 0 Å². The van der Waals surface area contributed by atoms with E-state index in [1.807, 2.05) is 13.8 Å². The van der Waals surface area contributed by atoms with Gasteiger partial charge in [-0.05, 0) is 22.9 Å². The van der Waals surface area contributed by atoms with Gasteiger partial charge in [0.05, 0.1) is 16.8 Å². The van der Waals surface area contributed by atoms with E-state index in [0.29, 0.717) is 6.61 Å². The van der Waals surface area contributed by atoms with Gasteiger partial charge in [-0.15, -0.1) is 0 Å². The first-order chi connectivity index (χ1) is 7.22. The average Bonchev–Trinajstić information content (AvgIpc) is 2.24. The highest BCUT2D eigenvalue weighted by atomic mass is 79.9. The highest BCUT2D eigenvalue weighted by Gasteiger charge is 2.10. The fraction of sp³-hybridized carbons (Fsp3) is 0.600. The van der Waals surface area contributed by atoms with Crippen LogP contribution in [0, 0.1) is 0 Å². The predicted molar refractivity (Wildman–Crippen MR) is 64.0 cm³/mol. The first-order valence-electron chi connectivity index (χ1n) is 5.01. The van der Waals surface area contributed by atoms with Crippen LogP contribution < -0.4 is 5.32 Å². The summed E-state index contributed by atoms with van der Waals surface area (Å²) in [5, 5.41) is 3.20. The number of methoxy groups -OCH3 is 1. The summed E-state index contributed by atoms with van der Waals surface area (Å²) in [5.41, 5.74) is 0.889. The van der Waals surface area contributed by atoms with E-state index in [4.69, 9.17) is 4.74 Å². The van der Waals surface area contributed by atoms with Crippen molar-refractivity contribution in [3.63, 3.8) is 0 Å². The SMILES string of the molecule is CCNc1nc(CC)nc(COC)c1Br. The van der Waals surface area contributed by atoms with Crippen LogP contribution in [0.25, 0.3) is 0 Å². The summed E-state index contributed by atoms with van der Waals surface area (Å²) in [5.74, 6) is 1.68. The normalized spacial score (nSPS) is 10.4. The van der Waals surface area contributed by atoms with E-state index in [0.717, 1.165) is 34.8 Å². The Kier molecular flexibility index (Phi) is 4.98. The number of aromatic nitrogens is 2. The van der Waals surface area contributed by atoms with Crippen molar-refractivity contribution in [3.05, 3.63) is 16.0 Å². The molecular formula is C10H16BrN3O. The van der Waals surface area contributed by atoms with Crippen molar-refractivity contribution in [2.75, 3.05) is 19.0 Å². The van der Waals surface area contributed by atoms with Crippen LogP contribution >= 0.6 is 15.9 Å². The van der Waals surface area contributed by atoms with Gasteiger partial charge in [-0.25, -0.2) is 9.97 Å². The summed E-state index contributed by atoms with van der Waals surface area (Å²) >= 11 is 3.48. The molecule has 0 unspecified atom stereocenters. The van der Waals surface area contributed by atoms with Gasteiger partial charge in [0.1, 0.15) is 11.6 Å². The van der Waals surface area contributed by atoms with Crippen LogP contribution in [0.1, 0.15) is 25.4 Å². The minimum Gasteiger partial charge on any atom is -0.378 e. The topological polar surface area (TPSA) is 47.0 Å². The highest BCUT2D eigenvalue weighted by molar-refractivity contribution is 9.10. The third-order valence-corrected chi connectivity index (χ3v) is 2.74. The molecule has 84 valence electrons. The molecule has 0 aliphatic heterocycles. The molecule has 1 aromatic heterocycles. The smallest absolute Gasteiger partial charge is 0.144 e. The van der Waals surface area contributed by atoms with Crippen molar-refractivity contribution in [2.24, 2.45) is 0 Å². The van der Waals surface area contributed by atoms with E-state index in [2.05, 4.69) is 31.2 Å². The third kappa shape index (κ3) is 3.14.